The zero-order valence-electron chi connectivity index (χ0n) is 18.0. The molecule has 0 N–H and O–H groups in total. The minimum absolute atomic E-state index is 0.841. The van der Waals surface area contributed by atoms with Gasteiger partial charge in [-0.15, -0.1) is 0 Å². The second-order valence-corrected chi connectivity index (χ2v) is 7.95. The fourth-order valence-corrected chi connectivity index (χ4v) is 4.14. The molecule has 0 radical (unpaired) electrons. The van der Waals surface area contributed by atoms with E-state index in [2.05, 4.69) is 56.4 Å². The Labute approximate surface area is 179 Å². The molecule has 0 spiro atoms. The summed E-state index contributed by atoms with van der Waals surface area (Å²) in [6.45, 7) is 12.0. The summed E-state index contributed by atoms with van der Waals surface area (Å²) in [5.41, 5.74) is 5.08. The van der Waals surface area contributed by atoms with Gasteiger partial charge in [0.15, 0.2) is 0 Å². The molecule has 0 saturated carbocycles. The second kappa shape index (κ2) is 9.98. The summed E-state index contributed by atoms with van der Waals surface area (Å²) in [7, 11) is 0. The van der Waals surface area contributed by atoms with Gasteiger partial charge in [-0.1, -0.05) is 12.1 Å². The van der Waals surface area contributed by atoms with Gasteiger partial charge in [0.2, 0.25) is 0 Å². The molecule has 6 nitrogen and oxygen atoms in total. The Morgan fingerprint density at radius 1 is 1.03 bits per heavy atom. The number of nitrogens with zero attached hydrogens (tertiary/aromatic N) is 5. The Morgan fingerprint density at radius 3 is 2.63 bits per heavy atom. The first kappa shape index (κ1) is 20.7. The third-order valence-corrected chi connectivity index (χ3v) is 5.77. The van der Waals surface area contributed by atoms with Gasteiger partial charge in [-0.3, -0.25) is 14.8 Å². The monoisotopic (exact) mass is 405 g/mol. The highest BCUT2D eigenvalue weighted by Gasteiger charge is 2.17. The maximum Gasteiger partial charge on any atom is 0.136 e. The lowest BCUT2D eigenvalue weighted by Gasteiger charge is -2.30. The predicted octanol–water partition coefficient (Wildman–Crippen LogP) is 3.22. The summed E-state index contributed by atoms with van der Waals surface area (Å²) in [6.07, 6.45) is 5.66. The molecule has 6 heteroatoms. The second-order valence-electron chi connectivity index (χ2n) is 7.95. The number of hydrogen-bond donors (Lipinski definition) is 0. The van der Waals surface area contributed by atoms with Crippen LogP contribution >= 0.6 is 0 Å². The van der Waals surface area contributed by atoms with Crippen molar-refractivity contribution in [3.8, 4) is 5.82 Å². The summed E-state index contributed by atoms with van der Waals surface area (Å²) in [4.78, 5) is 13.9. The van der Waals surface area contributed by atoms with Crippen molar-refractivity contribution in [1.29, 1.82) is 0 Å². The molecule has 1 aliphatic heterocycles. The first-order valence-electron chi connectivity index (χ1n) is 10.7. The van der Waals surface area contributed by atoms with Gasteiger partial charge in [0.25, 0.3) is 0 Å². The van der Waals surface area contributed by atoms with Crippen LogP contribution in [0.25, 0.3) is 5.82 Å². The fraction of sp³-hybridized carbons (Fsp3) is 0.417. The minimum Gasteiger partial charge on any atom is -0.379 e. The van der Waals surface area contributed by atoms with Crippen LogP contribution in [0.1, 0.15) is 22.5 Å². The highest BCUT2D eigenvalue weighted by atomic mass is 16.5. The molecule has 0 unspecified atom stereocenters. The van der Waals surface area contributed by atoms with Crippen LogP contribution in [-0.4, -0.2) is 63.7 Å². The third-order valence-electron chi connectivity index (χ3n) is 5.77. The van der Waals surface area contributed by atoms with Gasteiger partial charge in [-0.25, -0.2) is 4.98 Å². The summed E-state index contributed by atoms with van der Waals surface area (Å²) >= 11 is 0. The largest absolute Gasteiger partial charge is 0.379 e. The van der Waals surface area contributed by atoms with E-state index in [0.717, 1.165) is 58.3 Å². The number of pyridine rings is 2. The van der Waals surface area contributed by atoms with Crippen LogP contribution in [0.3, 0.4) is 0 Å². The molecule has 0 amide bonds. The Hall–Kier alpha value is -2.54. The third kappa shape index (κ3) is 5.14. The molecule has 0 aliphatic carbocycles. The average molecular weight is 406 g/mol. The van der Waals surface area contributed by atoms with Crippen LogP contribution in [0.4, 0.5) is 0 Å². The number of morpholine rings is 1. The highest BCUT2D eigenvalue weighted by Crippen LogP contribution is 2.21. The topological polar surface area (TPSA) is 46.4 Å². The molecule has 3 aromatic heterocycles. The minimum atomic E-state index is 0.841. The van der Waals surface area contributed by atoms with Crippen LogP contribution in [0.15, 0.2) is 55.0 Å². The first-order valence-corrected chi connectivity index (χ1v) is 10.7. The number of hydrogen-bond acceptors (Lipinski definition) is 5. The molecule has 4 rings (SSSR count). The fourth-order valence-electron chi connectivity index (χ4n) is 4.14. The number of rotatable bonds is 8. The van der Waals surface area contributed by atoms with Crippen molar-refractivity contribution in [2.24, 2.45) is 0 Å². The van der Waals surface area contributed by atoms with E-state index >= 15 is 0 Å². The Bertz CT molecular complexity index is 920. The van der Waals surface area contributed by atoms with E-state index in [1.807, 2.05) is 36.8 Å². The van der Waals surface area contributed by atoms with Gasteiger partial charge >= 0.3 is 0 Å². The zero-order chi connectivity index (χ0) is 20.8. The maximum atomic E-state index is 5.50. The van der Waals surface area contributed by atoms with Crippen molar-refractivity contribution < 1.29 is 4.74 Å². The van der Waals surface area contributed by atoms with E-state index in [0.29, 0.717) is 0 Å². The van der Waals surface area contributed by atoms with Gasteiger partial charge in [-0.05, 0) is 49.2 Å². The van der Waals surface area contributed by atoms with E-state index in [9.17, 15) is 0 Å². The highest BCUT2D eigenvalue weighted by molar-refractivity contribution is 5.36. The molecule has 1 saturated heterocycles. The summed E-state index contributed by atoms with van der Waals surface area (Å²) in [5, 5.41) is 0. The molecular formula is C24H31N5O. The van der Waals surface area contributed by atoms with E-state index in [1.54, 1.807) is 0 Å². The van der Waals surface area contributed by atoms with Gasteiger partial charge < -0.3 is 9.30 Å². The first-order chi connectivity index (χ1) is 14.7. The predicted molar refractivity (Wildman–Crippen MR) is 119 cm³/mol. The van der Waals surface area contributed by atoms with Crippen LogP contribution in [0, 0.1) is 13.8 Å². The molecular weight excluding hydrogens is 374 g/mol. The number of aromatic nitrogens is 3. The van der Waals surface area contributed by atoms with Crippen LogP contribution in [0.2, 0.25) is 0 Å². The maximum absolute atomic E-state index is 5.50. The molecule has 1 fully saturated rings. The van der Waals surface area contributed by atoms with E-state index in [1.165, 1.54) is 22.5 Å². The molecule has 0 aromatic carbocycles. The quantitative estimate of drug-likeness (QED) is 0.576. The molecule has 158 valence electrons. The van der Waals surface area contributed by atoms with E-state index in [-0.39, 0.29) is 0 Å². The number of ether oxygens (including phenoxy) is 1. The normalized spacial score (nSPS) is 15.0. The average Bonchev–Trinajstić information content (AvgIpc) is 3.07. The summed E-state index contributed by atoms with van der Waals surface area (Å²) in [5.74, 6) is 0.978. The SMILES string of the molecule is Cc1cc(CN(CCN2CCOCC2)Cc2cccnc2)c(C)n1-c1ccccn1. The molecule has 30 heavy (non-hydrogen) atoms. The van der Waals surface area contributed by atoms with Crippen molar-refractivity contribution in [2.45, 2.75) is 26.9 Å². The van der Waals surface area contributed by atoms with Crippen LogP contribution in [0.5, 0.6) is 0 Å². The molecule has 0 bridgehead atoms. The van der Waals surface area contributed by atoms with Crippen LogP contribution < -0.4 is 0 Å². The Balaban J connectivity index is 1.52. The van der Waals surface area contributed by atoms with Crippen molar-refractivity contribution in [2.75, 3.05) is 39.4 Å². The van der Waals surface area contributed by atoms with Crippen LogP contribution in [-0.2, 0) is 17.8 Å². The van der Waals surface area contributed by atoms with E-state index in [4.69, 9.17) is 4.74 Å². The summed E-state index contributed by atoms with van der Waals surface area (Å²) in [6, 6.07) is 12.5. The molecule has 1 aliphatic rings. The van der Waals surface area contributed by atoms with Gasteiger partial charge in [0, 0.05) is 69.2 Å². The molecule has 4 heterocycles. The zero-order valence-corrected chi connectivity index (χ0v) is 18.0. The Kier molecular flexibility index (Phi) is 6.89. The molecule has 3 aromatic rings. The lowest BCUT2D eigenvalue weighted by Crippen LogP contribution is -2.41. The van der Waals surface area contributed by atoms with Crippen molar-refractivity contribution in [1.82, 2.24) is 24.3 Å². The van der Waals surface area contributed by atoms with Crippen molar-refractivity contribution >= 4 is 0 Å². The smallest absolute Gasteiger partial charge is 0.136 e. The van der Waals surface area contributed by atoms with E-state index < -0.39 is 0 Å². The van der Waals surface area contributed by atoms with Gasteiger partial charge in [0.1, 0.15) is 5.82 Å². The van der Waals surface area contributed by atoms with Gasteiger partial charge in [-0.2, -0.15) is 0 Å². The number of aryl methyl sites for hydroxylation is 1. The lowest BCUT2D eigenvalue weighted by atomic mass is 10.2. The molecule has 0 atom stereocenters. The summed E-state index contributed by atoms with van der Waals surface area (Å²) < 4.78 is 7.75. The van der Waals surface area contributed by atoms with Crippen molar-refractivity contribution in [3.05, 3.63) is 77.5 Å². The lowest BCUT2D eigenvalue weighted by molar-refractivity contribution is 0.0325. The van der Waals surface area contributed by atoms with Gasteiger partial charge in [0.05, 0.1) is 13.2 Å². The Morgan fingerprint density at radius 2 is 1.90 bits per heavy atom. The standard InChI is InChI=1S/C24H31N5O/c1-20-16-23(21(2)29(20)24-7-3-4-9-26-24)19-28(18-22-6-5-8-25-17-22)11-10-27-12-14-30-15-13-27/h3-9,16-17H,10-15,18-19H2,1-2H3. The van der Waals surface area contributed by atoms with Crippen molar-refractivity contribution in [3.63, 3.8) is 0 Å².